The first kappa shape index (κ1) is 42.4. The maximum absolute atomic E-state index is 14.3. The van der Waals surface area contributed by atoms with Gasteiger partial charge < -0.3 is 49.1 Å². The number of piperidine rings is 1. The summed E-state index contributed by atoms with van der Waals surface area (Å²) in [6.45, 7) is 16.0. The smallest absolute Gasteiger partial charge is 0.477 e. The van der Waals surface area contributed by atoms with Gasteiger partial charge in [-0.3, -0.25) is 4.79 Å². The predicted molar refractivity (Wildman–Crippen MR) is 206 cm³/mol. The van der Waals surface area contributed by atoms with Crippen molar-refractivity contribution in [3.63, 3.8) is 0 Å². The third kappa shape index (κ3) is 8.65. The largest absolute Gasteiger partial charge is 0.514 e. The fourth-order valence-corrected chi connectivity index (χ4v) is 8.20. The summed E-state index contributed by atoms with van der Waals surface area (Å²) in [7, 11) is 1.96. The Morgan fingerprint density at radius 1 is 0.983 bits per heavy atom. The molecule has 58 heavy (non-hydrogen) atoms. The lowest BCUT2D eigenvalue weighted by Crippen LogP contribution is -2.74. The fourth-order valence-electron chi connectivity index (χ4n) is 8.20. The fraction of sp³-hybridized carbons (Fsp3) is 0.610. The van der Waals surface area contributed by atoms with Gasteiger partial charge in [0.05, 0.1) is 16.7 Å². The third-order valence-corrected chi connectivity index (χ3v) is 10.4. The van der Waals surface area contributed by atoms with Gasteiger partial charge in [0.1, 0.15) is 34.9 Å². The third-order valence-electron chi connectivity index (χ3n) is 10.4. The number of hydrogen-bond acceptors (Lipinski definition) is 14. The van der Waals surface area contributed by atoms with Crippen LogP contribution in [0.4, 0.5) is 14.4 Å². The molecule has 0 saturated carbocycles. The zero-order chi connectivity index (χ0) is 42.6. The highest BCUT2D eigenvalue weighted by atomic mass is 16.7. The number of nitrogens with one attached hydrogen (secondary N) is 2. The molecular formula is C41H55N5O12. The standard InChI is InChI=1S/C41H55N5O12/c1-37(2,3)56-34(49)42-17-14-29(47)44-25(20-24-21-46(22-43-24)35(50)57-38(4,5)6)33(48)53-27-13-15-41(52)28-19-23-11-12-26(54-36(51)58-39(7,8)9)31-30(23)40(41,32(27)55-31)16-18-45(28)10/h11-13,21-22,25,28,32,52H,14-20H2,1-10H3,(H,42,49)(H,44,47)/t25-,28-,32-,40-,41+/m0/s1. The van der Waals surface area contributed by atoms with Gasteiger partial charge in [-0.05, 0) is 106 Å². The van der Waals surface area contributed by atoms with Crippen molar-refractivity contribution in [3.05, 3.63) is 53.3 Å². The van der Waals surface area contributed by atoms with Crippen molar-refractivity contribution in [2.45, 2.75) is 140 Å². The Balaban J connectivity index is 1.28. The number of alkyl carbamates (subject to hydrolysis) is 1. The minimum absolute atomic E-state index is 0.0815. The molecule has 316 valence electrons. The first-order chi connectivity index (χ1) is 26.9. The van der Waals surface area contributed by atoms with E-state index < -0.39 is 70.2 Å². The molecule has 0 unspecified atom stereocenters. The van der Waals surface area contributed by atoms with Crippen LogP contribution in [-0.4, -0.2) is 111 Å². The van der Waals surface area contributed by atoms with Crippen molar-refractivity contribution in [1.82, 2.24) is 25.1 Å². The highest BCUT2D eigenvalue weighted by molar-refractivity contribution is 5.86. The minimum Gasteiger partial charge on any atom is -0.477 e. The Hall–Kier alpha value is -5.16. The average molecular weight is 810 g/mol. The van der Waals surface area contributed by atoms with Crippen molar-refractivity contribution in [3.8, 4) is 11.5 Å². The molecule has 6 rings (SSSR count). The second-order valence-electron chi connectivity index (χ2n) is 18.3. The van der Waals surface area contributed by atoms with Gasteiger partial charge in [0, 0.05) is 43.6 Å². The first-order valence-corrected chi connectivity index (χ1v) is 19.5. The Morgan fingerprint density at radius 2 is 1.67 bits per heavy atom. The Kier molecular flexibility index (Phi) is 11.1. The van der Waals surface area contributed by atoms with E-state index in [-0.39, 0.29) is 54.8 Å². The quantitative estimate of drug-likeness (QED) is 0.182. The van der Waals surface area contributed by atoms with E-state index in [9.17, 15) is 29.1 Å². The van der Waals surface area contributed by atoms with Crippen LogP contribution in [-0.2, 0) is 46.8 Å². The molecule has 1 aromatic heterocycles. The maximum atomic E-state index is 14.3. The number of hydrogen-bond donors (Lipinski definition) is 3. The number of nitrogens with zero attached hydrogens (tertiary/aromatic N) is 3. The number of aliphatic hydroxyl groups is 1. The van der Waals surface area contributed by atoms with Crippen LogP contribution >= 0.6 is 0 Å². The van der Waals surface area contributed by atoms with Crippen LogP contribution < -0.4 is 20.1 Å². The monoisotopic (exact) mass is 809 g/mol. The number of carbonyl (C=O) groups is 5. The topological polar surface area (TPSA) is 206 Å². The average Bonchev–Trinajstić information content (AvgIpc) is 3.69. The number of rotatable bonds is 9. The summed E-state index contributed by atoms with van der Waals surface area (Å²) in [5.41, 5.74) is -2.87. The van der Waals surface area contributed by atoms with Crippen molar-refractivity contribution < 1.29 is 57.5 Å². The van der Waals surface area contributed by atoms with Crippen molar-refractivity contribution in [1.29, 1.82) is 0 Å². The van der Waals surface area contributed by atoms with Crippen LogP contribution in [0.25, 0.3) is 0 Å². The van der Waals surface area contributed by atoms with E-state index in [1.165, 1.54) is 12.5 Å². The molecule has 17 nitrogen and oxygen atoms in total. The number of likely N-dealkylation sites (N-methyl/N-ethyl adjacent to an activating group) is 1. The Morgan fingerprint density at radius 3 is 2.34 bits per heavy atom. The lowest BCUT2D eigenvalue weighted by Gasteiger charge is -2.61. The molecule has 1 saturated heterocycles. The van der Waals surface area contributed by atoms with Gasteiger partial charge in [-0.2, -0.15) is 0 Å². The summed E-state index contributed by atoms with van der Waals surface area (Å²) < 4.78 is 35.7. The van der Waals surface area contributed by atoms with Gasteiger partial charge >= 0.3 is 24.3 Å². The molecule has 2 aliphatic heterocycles. The predicted octanol–water partition coefficient (Wildman–Crippen LogP) is 4.44. The summed E-state index contributed by atoms with van der Waals surface area (Å²) in [6.07, 6.45) is 1.64. The molecule has 2 amide bonds. The van der Waals surface area contributed by atoms with Gasteiger partial charge in [-0.15, -0.1) is 0 Å². The number of ether oxygens (including phenoxy) is 6. The van der Waals surface area contributed by atoms with Crippen LogP contribution in [0.1, 0.15) is 98.4 Å². The molecule has 0 radical (unpaired) electrons. The normalized spacial score (nSPS) is 23.9. The summed E-state index contributed by atoms with van der Waals surface area (Å²) >= 11 is 0. The van der Waals surface area contributed by atoms with E-state index in [1.807, 2.05) is 13.1 Å². The summed E-state index contributed by atoms with van der Waals surface area (Å²) in [5.74, 6) is -0.964. The van der Waals surface area contributed by atoms with Crippen LogP contribution in [0.5, 0.6) is 11.5 Å². The van der Waals surface area contributed by atoms with Crippen LogP contribution in [0.2, 0.25) is 0 Å². The molecule has 17 heteroatoms. The molecule has 2 bridgehead atoms. The van der Waals surface area contributed by atoms with E-state index in [2.05, 4.69) is 20.5 Å². The second kappa shape index (κ2) is 15.2. The highest BCUT2D eigenvalue weighted by Crippen LogP contribution is 2.65. The van der Waals surface area contributed by atoms with Gasteiger partial charge in [0.15, 0.2) is 17.6 Å². The molecule has 1 aromatic carbocycles. The summed E-state index contributed by atoms with van der Waals surface area (Å²) in [6, 6.07) is 1.89. The van der Waals surface area contributed by atoms with E-state index >= 15 is 0 Å². The van der Waals surface area contributed by atoms with E-state index in [0.717, 1.165) is 10.1 Å². The maximum Gasteiger partial charge on any atom is 0.514 e. The van der Waals surface area contributed by atoms with Gasteiger partial charge in [0.25, 0.3) is 0 Å². The van der Waals surface area contributed by atoms with Crippen molar-refractivity contribution in [2.24, 2.45) is 0 Å². The minimum atomic E-state index is -1.34. The number of imidazole rings is 1. The van der Waals surface area contributed by atoms with E-state index in [0.29, 0.717) is 24.9 Å². The van der Waals surface area contributed by atoms with Gasteiger partial charge in [0.2, 0.25) is 5.91 Å². The van der Waals surface area contributed by atoms with Gasteiger partial charge in [-0.1, -0.05) is 6.07 Å². The van der Waals surface area contributed by atoms with Gasteiger partial charge in [-0.25, -0.2) is 28.7 Å². The van der Waals surface area contributed by atoms with Crippen LogP contribution in [0.15, 0.2) is 36.5 Å². The number of likely N-dealkylation sites (tertiary alicyclic amines) is 1. The number of esters is 1. The molecule has 1 fully saturated rings. The SMILES string of the molecule is CN1CC[C@]23c4c5ccc(OC(=O)OC(C)(C)C)c4O[C@H]2C(OC(=O)[C@H](Cc2cn(C(=O)OC(C)(C)C)cn2)NC(=O)CCNC(=O)OC(C)(C)C)=CC[C@@]3(O)[C@@H]1C5. The zero-order valence-corrected chi connectivity index (χ0v) is 34.8. The van der Waals surface area contributed by atoms with Crippen molar-refractivity contribution in [2.75, 3.05) is 20.1 Å². The summed E-state index contributed by atoms with van der Waals surface area (Å²) in [5, 5.41) is 17.9. The lowest BCUT2D eigenvalue weighted by atomic mass is 9.50. The molecule has 1 spiro atoms. The number of aromatic nitrogens is 2. The van der Waals surface area contributed by atoms with Crippen molar-refractivity contribution >= 4 is 30.2 Å². The first-order valence-electron chi connectivity index (χ1n) is 19.5. The molecular weight excluding hydrogens is 754 g/mol. The molecule has 5 atom stereocenters. The number of benzene rings is 1. The van der Waals surface area contributed by atoms with E-state index in [1.54, 1.807) is 74.5 Å². The second-order valence-corrected chi connectivity index (χ2v) is 18.3. The lowest BCUT2D eigenvalue weighted by molar-refractivity contribution is -0.170. The number of carbonyl (C=O) groups excluding carboxylic acids is 5. The summed E-state index contributed by atoms with van der Waals surface area (Å²) in [4.78, 5) is 71.8. The number of amides is 2. The highest BCUT2D eigenvalue weighted by Gasteiger charge is 2.72. The molecule has 3 heterocycles. The van der Waals surface area contributed by atoms with E-state index in [4.69, 9.17) is 28.4 Å². The van der Waals surface area contributed by atoms with Crippen LogP contribution in [0, 0.1) is 0 Å². The Bertz CT molecular complexity index is 2010. The molecule has 4 aliphatic rings. The molecule has 3 N–H and O–H groups in total. The molecule has 2 aromatic rings. The Labute approximate surface area is 337 Å². The van der Waals surface area contributed by atoms with Crippen LogP contribution in [0.3, 0.4) is 0 Å². The zero-order valence-electron chi connectivity index (χ0n) is 34.8. The molecule has 2 aliphatic carbocycles.